The molecule has 1 unspecified atom stereocenters. The first kappa shape index (κ1) is 17.8. The Labute approximate surface area is 165 Å². The second kappa shape index (κ2) is 6.38. The van der Waals surface area contributed by atoms with Crippen LogP contribution >= 0.6 is 0 Å². The van der Waals surface area contributed by atoms with Crippen LogP contribution < -0.4 is 4.74 Å². The van der Waals surface area contributed by atoms with Crippen LogP contribution in [0.1, 0.15) is 12.7 Å². The summed E-state index contributed by atoms with van der Waals surface area (Å²) in [5, 5.41) is 10.9. The molecular formula is C19H19FN6O3. The summed E-state index contributed by atoms with van der Waals surface area (Å²) < 4.78 is 22.9. The molecule has 2 aliphatic heterocycles. The zero-order chi connectivity index (χ0) is 20.2. The summed E-state index contributed by atoms with van der Waals surface area (Å²) in [5.41, 5.74) is 1.21. The van der Waals surface area contributed by atoms with E-state index in [0.717, 1.165) is 30.2 Å². The van der Waals surface area contributed by atoms with Gasteiger partial charge < -0.3 is 19.4 Å². The minimum absolute atomic E-state index is 0.199. The van der Waals surface area contributed by atoms with Gasteiger partial charge in [0.2, 0.25) is 0 Å². The second-order valence-electron chi connectivity index (χ2n) is 7.77. The molecule has 3 aromatic rings. The first-order valence-corrected chi connectivity index (χ1v) is 9.33. The van der Waals surface area contributed by atoms with Gasteiger partial charge in [0.25, 0.3) is 0 Å². The van der Waals surface area contributed by atoms with Gasteiger partial charge in [0, 0.05) is 36.4 Å². The van der Waals surface area contributed by atoms with Crippen LogP contribution in [-0.4, -0.2) is 47.6 Å². The molecule has 0 radical (unpaired) electrons. The van der Waals surface area contributed by atoms with Crippen molar-refractivity contribution in [1.29, 1.82) is 0 Å². The number of benzene rings is 1. The van der Waals surface area contributed by atoms with Gasteiger partial charge in [-0.3, -0.25) is 9.47 Å². The summed E-state index contributed by atoms with van der Waals surface area (Å²) in [6.45, 7) is 5.46. The van der Waals surface area contributed by atoms with Crippen molar-refractivity contribution in [1.82, 2.24) is 24.0 Å². The number of aromatic nitrogens is 4. The van der Waals surface area contributed by atoms with Crippen molar-refractivity contribution in [3.05, 3.63) is 58.4 Å². The lowest BCUT2D eigenvalue weighted by Crippen LogP contribution is -2.47. The molecule has 9 nitrogen and oxygen atoms in total. The van der Waals surface area contributed by atoms with Crippen LogP contribution in [0.15, 0.2) is 36.7 Å². The van der Waals surface area contributed by atoms with Gasteiger partial charge in [-0.2, -0.15) is 0 Å². The quantitative estimate of drug-likeness (QED) is 0.495. The van der Waals surface area contributed by atoms with Gasteiger partial charge in [-0.15, -0.1) is 0 Å². The summed E-state index contributed by atoms with van der Waals surface area (Å²) in [4.78, 5) is 21.3. The highest BCUT2D eigenvalue weighted by Gasteiger charge is 2.42. The Bertz CT molecular complexity index is 1070. The van der Waals surface area contributed by atoms with Crippen molar-refractivity contribution in [2.75, 3.05) is 13.1 Å². The molecule has 1 atom stereocenters. The summed E-state index contributed by atoms with van der Waals surface area (Å²) in [6.07, 6.45) is 3.42. The molecule has 0 fully saturated rings. The molecule has 0 N–H and O–H groups in total. The Morgan fingerprint density at radius 1 is 1.21 bits per heavy atom. The molecule has 10 heteroatoms. The molecule has 2 aromatic heterocycles. The molecule has 0 aliphatic carbocycles. The Morgan fingerprint density at radius 3 is 2.72 bits per heavy atom. The smallest absolute Gasteiger partial charge is 0.415 e. The van der Waals surface area contributed by atoms with Crippen molar-refractivity contribution in [3.63, 3.8) is 0 Å². The summed E-state index contributed by atoms with van der Waals surface area (Å²) in [5.74, 6) is 0.486. The van der Waals surface area contributed by atoms with Crippen LogP contribution in [0.2, 0.25) is 0 Å². The number of fused-ring (bicyclic) bond motifs is 2. The van der Waals surface area contributed by atoms with E-state index in [1.807, 2.05) is 13.1 Å². The Hall–Kier alpha value is -3.27. The Kier molecular flexibility index (Phi) is 3.91. The lowest BCUT2D eigenvalue weighted by Gasteiger charge is -2.33. The first-order valence-electron chi connectivity index (χ1n) is 9.33. The fraction of sp³-hybridized carbons (Fsp3) is 0.368. The molecule has 5 rings (SSSR count). The summed E-state index contributed by atoms with van der Waals surface area (Å²) >= 11 is 0. The van der Waals surface area contributed by atoms with Crippen molar-refractivity contribution in [2.45, 2.75) is 32.2 Å². The molecule has 29 heavy (non-hydrogen) atoms. The minimum atomic E-state index is -0.519. The van der Waals surface area contributed by atoms with E-state index in [9.17, 15) is 14.5 Å². The van der Waals surface area contributed by atoms with E-state index in [-0.39, 0.29) is 17.6 Å². The molecule has 1 aromatic carbocycles. The SMILES string of the molecule is CC1(CN2CCn3cc(-c4ccc(F)cc4)nc3C2)Cn2cc([N+](=O)[O-])nc2O1. The molecule has 0 saturated carbocycles. The first-order chi connectivity index (χ1) is 13.9. The number of hydrogen-bond donors (Lipinski definition) is 0. The molecule has 4 heterocycles. The van der Waals surface area contributed by atoms with Crippen LogP contribution in [-0.2, 0) is 19.6 Å². The van der Waals surface area contributed by atoms with E-state index in [1.165, 1.54) is 18.3 Å². The second-order valence-corrected chi connectivity index (χ2v) is 7.77. The summed E-state index contributed by atoms with van der Waals surface area (Å²) in [6, 6.07) is 6.62. The highest BCUT2D eigenvalue weighted by molar-refractivity contribution is 5.58. The van der Waals surface area contributed by atoms with E-state index in [4.69, 9.17) is 9.72 Å². The monoisotopic (exact) mass is 398 g/mol. The van der Waals surface area contributed by atoms with Gasteiger partial charge in [0.15, 0.2) is 0 Å². The third-order valence-electron chi connectivity index (χ3n) is 5.34. The zero-order valence-electron chi connectivity index (χ0n) is 15.8. The number of nitro groups is 1. The van der Waals surface area contributed by atoms with Crippen LogP contribution in [0.25, 0.3) is 11.3 Å². The van der Waals surface area contributed by atoms with E-state index < -0.39 is 10.5 Å². The number of rotatable bonds is 4. The van der Waals surface area contributed by atoms with Gasteiger partial charge in [-0.25, -0.2) is 9.37 Å². The number of imidazole rings is 2. The Morgan fingerprint density at radius 2 is 2.00 bits per heavy atom. The van der Waals surface area contributed by atoms with E-state index >= 15 is 0 Å². The summed E-state index contributed by atoms with van der Waals surface area (Å²) in [7, 11) is 0. The lowest BCUT2D eigenvalue weighted by atomic mass is 10.1. The maximum absolute atomic E-state index is 13.2. The van der Waals surface area contributed by atoms with E-state index in [2.05, 4.69) is 14.5 Å². The topological polar surface area (TPSA) is 91.2 Å². The fourth-order valence-electron chi connectivity index (χ4n) is 4.03. The van der Waals surface area contributed by atoms with E-state index in [0.29, 0.717) is 19.6 Å². The zero-order valence-corrected chi connectivity index (χ0v) is 15.8. The molecule has 0 bridgehead atoms. The van der Waals surface area contributed by atoms with Crippen LogP contribution in [0.5, 0.6) is 6.01 Å². The highest BCUT2D eigenvalue weighted by atomic mass is 19.1. The third kappa shape index (κ3) is 3.25. The third-order valence-corrected chi connectivity index (χ3v) is 5.34. The number of hydrogen-bond acceptors (Lipinski definition) is 6. The van der Waals surface area contributed by atoms with E-state index in [1.54, 1.807) is 16.7 Å². The van der Waals surface area contributed by atoms with Gasteiger partial charge in [0.1, 0.15) is 23.4 Å². The maximum Gasteiger partial charge on any atom is 0.415 e. The van der Waals surface area contributed by atoms with Crippen LogP contribution in [0.3, 0.4) is 0 Å². The molecular weight excluding hydrogens is 379 g/mol. The standard InChI is InChI=1S/C19H19FN6O3/c1-19(12-25-10-17(26(27)28)22-18(25)29-19)11-23-6-7-24-8-15(21-16(24)9-23)13-2-4-14(20)5-3-13/h2-5,8,10H,6-7,9,11-12H2,1H3. The van der Waals surface area contributed by atoms with Crippen molar-refractivity contribution in [2.24, 2.45) is 0 Å². The molecule has 150 valence electrons. The van der Waals surface area contributed by atoms with Crippen molar-refractivity contribution in [3.8, 4) is 17.3 Å². The lowest BCUT2D eigenvalue weighted by molar-refractivity contribution is -0.389. The highest BCUT2D eigenvalue weighted by Crippen LogP contribution is 2.32. The Balaban J connectivity index is 1.28. The van der Waals surface area contributed by atoms with Crippen LogP contribution in [0, 0.1) is 15.9 Å². The molecule has 0 amide bonds. The predicted octanol–water partition coefficient (Wildman–Crippen LogP) is 2.46. The van der Waals surface area contributed by atoms with Crippen molar-refractivity contribution >= 4 is 5.82 Å². The molecule has 2 aliphatic rings. The predicted molar refractivity (Wildman–Crippen MR) is 101 cm³/mol. The molecule has 0 saturated heterocycles. The maximum atomic E-state index is 13.2. The number of ether oxygens (including phenoxy) is 1. The van der Waals surface area contributed by atoms with Gasteiger partial charge in [-0.1, -0.05) is 0 Å². The molecule has 0 spiro atoms. The largest absolute Gasteiger partial charge is 0.436 e. The minimum Gasteiger partial charge on any atom is -0.436 e. The van der Waals surface area contributed by atoms with Gasteiger partial charge >= 0.3 is 11.8 Å². The number of nitrogens with zero attached hydrogens (tertiary/aromatic N) is 6. The fourth-order valence-corrected chi connectivity index (χ4v) is 4.03. The van der Waals surface area contributed by atoms with Crippen LogP contribution in [0.4, 0.5) is 10.2 Å². The van der Waals surface area contributed by atoms with Crippen molar-refractivity contribution < 1.29 is 14.1 Å². The number of halogens is 1. The average Bonchev–Trinajstić information content (AvgIpc) is 3.33. The van der Waals surface area contributed by atoms with Gasteiger partial charge in [-0.05, 0) is 36.1 Å². The normalized spacial score (nSPS) is 20.9. The van der Waals surface area contributed by atoms with Gasteiger partial charge in [0.05, 0.1) is 18.8 Å². The average molecular weight is 398 g/mol.